The van der Waals surface area contributed by atoms with E-state index < -0.39 is 5.97 Å². The number of nitrogens with zero attached hydrogens (tertiary/aromatic N) is 1. The van der Waals surface area contributed by atoms with Crippen molar-refractivity contribution in [1.29, 1.82) is 0 Å². The van der Waals surface area contributed by atoms with Gasteiger partial charge >= 0.3 is 5.97 Å². The predicted molar refractivity (Wildman–Crippen MR) is 82.4 cm³/mol. The molecule has 1 N–H and O–H groups in total. The third-order valence-corrected chi connectivity index (χ3v) is 3.33. The number of benzene rings is 1. The molecule has 0 unspecified atom stereocenters. The molecule has 0 saturated carbocycles. The van der Waals surface area contributed by atoms with Crippen molar-refractivity contribution in [2.24, 2.45) is 0 Å². The van der Waals surface area contributed by atoms with Crippen LogP contribution in [0.15, 0.2) is 33.3 Å². The number of hydrogen-bond acceptors (Lipinski definition) is 6. The van der Waals surface area contributed by atoms with Crippen LogP contribution in [-0.2, 0) is 16.1 Å². The molecule has 0 atom stereocenters. The normalized spacial score (nSPS) is 10.9. The van der Waals surface area contributed by atoms with Crippen LogP contribution >= 0.6 is 15.9 Å². The molecule has 1 aromatic carbocycles. The Kier molecular flexibility index (Phi) is 5.21. The van der Waals surface area contributed by atoms with Crippen molar-refractivity contribution in [3.05, 3.63) is 45.8 Å². The minimum absolute atomic E-state index is 0.00336. The van der Waals surface area contributed by atoms with Crippen molar-refractivity contribution in [1.82, 2.24) is 5.16 Å². The lowest BCUT2D eigenvalue weighted by Gasteiger charge is -2.06. The Morgan fingerprint density at radius 2 is 2.23 bits per heavy atom. The van der Waals surface area contributed by atoms with Crippen LogP contribution < -0.4 is 4.74 Å². The van der Waals surface area contributed by atoms with E-state index >= 15 is 0 Å². The second-order valence-electron chi connectivity index (χ2n) is 4.42. The average molecular weight is 368 g/mol. The maximum Gasteiger partial charge on any atom is 0.331 e. The van der Waals surface area contributed by atoms with Crippen LogP contribution in [0.4, 0.5) is 0 Å². The topological polar surface area (TPSA) is 81.8 Å². The molecule has 0 radical (unpaired) electrons. The van der Waals surface area contributed by atoms with Crippen molar-refractivity contribution in [3.63, 3.8) is 0 Å². The van der Waals surface area contributed by atoms with Crippen LogP contribution in [0.3, 0.4) is 0 Å². The number of esters is 1. The number of aromatic nitrogens is 1. The summed E-state index contributed by atoms with van der Waals surface area (Å²) in [4.78, 5) is 11.6. The average Bonchev–Trinajstić information content (AvgIpc) is 2.91. The molecule has 0 aliphatic carbocycles. The number of carbonyl (C=O) groups is 1. The van der Waals surface area contributed by atoms with Gasteiger partial charge in [0.15, 0.2) is 11.5 Å². The summed E-state index contributed by atoms with van der Waals surface area (Å²) in [6, 6.07) is 4.95. The predicted octanol–water partition coefficient (Wildman–Crippen LogP) is 3.22. The van der Waals surface area contributed by atoms with Gasteiger partial charge < -0.3 is 19.1 Å². The van der Waals surface area contributed by atoms with Crippen LogP contribution in [0.5, 0.6) is 11.5 Å². The summed E-state index contributed by atoms with van der Waals surface area (Å²) in [5, 5.41) is 13.4. The molecule has 0 bridgehead atoms. The number of aromatic hydroxyl groups is 1. The Balaban J connectivity index is 1.99. The fourth-order valence-corrected chi connectivity index (χ4v) is 2.15. The molecule has 0 aliphatic rings. The van der Waals surface area contributed by atoms with Crippen LogP contribution in [0.1, 0.15) is 17.0 Å². The van der Waals surface area contributed by atoms with Crippen molar-refractivity contribution in [3.8, 4) is 11.5 Å². The van der Waals surface area contributed by atoms with E-state index in [1.165, 1.54) is 13.2 Å². The highest BCUT2D eigenvalue weighted by Crippen LogP contribution is 2.35. The fourth-order valence-electron chi connectivity index (χ4n) is 1.69. The summed E-state index contributed by atoms with van der Waals surface area (Å²) >= 11 is 3.21. The Morgan fingerprint density at radius 1 is 1.45 bits per heavy atom. The minimum atomic E-state index is -0.510. The molecule has 2 rings (SSSR count). The standard InChI is InChI=1S/C15H14BrNO5/c1-9-5-11(17-22-9)8-21-14(18)4-3-10-6-12(16)15(19)13(7-10)20-2/h3-7,19H,8H2,1-2H3/b4-3+. The number of halogens is 1. The lowest BCUT2D eigenvalue weighted by atomic mass is 10.2. The van der Waals surface area contributed by atoms with Crippen LogP contribution in [0.25, 0.3) is 6.08 Å². The molecule has 1 aromatic heterocycles. The summed E-state index contributed by atoms with van der Waals surface area (Å²) in [6.45, 7) is 1.80. The Labute approximate surface area is 135 Å². The third kappa shape index (κ3) is 4.11. The maximum absolute atomic E-state index is 11.6. The summed E-state index contributed by atoms with van der Waals surface area (Å²) in [5.74, 6) is 0.454. The first-order valence-electron chi connectivity index (χ1n) is 6.33. The van der Waals surface area contributed by atoms with Crippen molar-refractivity contribution < 1.29 is 23.9 Å². The van der Waals surface area contributed by atoms with E-state index in [4.69, 9.17) is 14.0 Å². The van der Waals surface area contributed by atoms with E-state index in [2.05, 4.69) is 21.1 Å². The van der Waals surface area contributed by atoms with Crippen molar-refractivity contribution in [2.75, 3.05) is 7.11 Å². The number of carbonyl (C=O) groups excluding carboxylic acids is 1. The first kappa shape index (κ1) is 16.1. The van der Waals surface area contributed by atoms with Gasteiger partial charge in [-0.25, -0.2) is 4.79 Å². The van der Waals surface area contributed by atoms with Gasteiger partial charge in [-0.15, -0.1) is 0 Å². The molecule has 0 amide bonds. The van der Waals surface area contributed by atoms with E-state index in [0.29, 0.717) is 27.2 Å². The van der Waals surface area contributed by atoms with Gasteiger partial charge in [0.2, 0.25) is 0 Å². The molecular formula is C15H14BrNO5. The molecule has 0 fully saturated rings. The summed E-state index contributed by atoms with van der Waals surface area (Å²) in [6.07, 6.45) is 2.84. The molecular weight excluding hydrogens is 354 g/mol. The first-order chi connectivity index (χ1) is 10.5. The second-order valence-corrected chi connectivity index (χ2v) is 5.28. The molecule has 22 heavy (non-hydrogen) atoms. The van der Waals surface area contributed by atoms with E-state index in [0.717, 1.165) is 0 Å². The molecule has 116 valence electrons. The highest BCUT2D eigenvalue weighted by molar-refractivity contribution is 9.10. The quantitative estimate of drug-likeness (QED) is 0.645. The van der Waals surface area contributed by atoms with Gasteiger partial charge in [0.1, 0.15) is 18.1 Å². The summed E-state index contributed by atoms with van der Waals surface area (Å²) in [7, 11) is 1.45. The second kappa shape index (κ2) is 7.13. The lowest BCUT2D eigenvalue weighted by Crippen LogP contribution is -2.00. The third-order valence-electron chi connectivity index (χ3n) is 2.72. The van der Waals surface area contributed by atoms with Gasteiger partial charge in [-0.05, 0) is 46.6 Å². The Hall–Kier alpha value is -2.28. The van der Waals surface area contributed by atoms with Crippen LogP contribution in [0.2, 0.25) is 0 Å². The number of aryl methyl sites for hydroxylation is 1. The number of ether oxygens (including phenoxy) is 2. The largest absolute Gasteiger partial charge is 0.503 e. The van der Waals surface area contributed by atoms with Gasteiger partial charge in [0.25, 0.3) is 0 Å². The zero-order valence-electron chi connectivity index (χ0n) is 12.0. The highest BCUT2D eigenvalue weighted by Gasteiger charge is 2.08. The summed E-state index contributed by atoms with van der Waals surface area (Å²) in [5.41, 5.74) is 1.23. The first-order valence-corrected chi connectivity index (χ1v) is 7.12. The van der Waals surface area contributed by atoms with Gasteiger partial charge in [0.05, 0.1) is 11.6 Å². The monoisotopic (exact) mass is 367 g/mol. The minimum Gasteiger partial charge on any atom is -0.503 e. The van der Waals surface area contributed by atoms with Crippen LogP contribution in [-0.4, -0.2) is 23.3 Å². The van der Waals surface area contributed by atoms with Crippen LogP contribution in [0, 0.1) is 6.92 Å². The highest BCUT2D eigenvalue weighted by atomic mass is 79.9. The maximum atomic E-state index is 11.6. The van der Waals surface area contributed by atoms with Crippen molar-refractivity contribution in [2.45, 2.75) is 13.5 Å². The van der Waals surface area contributed by atoms with Gasteiger partial charge in [-0.1, -0.05) is 5.16 Å². The zero-order valence-corrected chi connectivity index (χ0v) is 13.6. The van der Waals surface area contributed by atoms with E-state index in [1.807, 2.05) is 0 Å². The molecule has 1 heterocycles. The molecule has 2 aromatic rings. The number of rotatable bonds is 5. The van der Waals surface area contributed by atoms with E-state index in [9.17, 15) is 9.90 Å². The van der Waals surface area contributed by atoms with Gasteiger partial charge in [0, 0.05) is 12.1 Å². The number of hydrogen-bond donors (Lipinski definition) is 1. The molecule has 6 nitrogen and oxygen atoms in total. The van der Waals surface area contributed by atoms with Gasteiger partial charge in [-0.2, -0.15) is 0 Å². The smallest absolute Gasteiger partial charge is 0.331 e. The zero-order chi connectivity index (χ0) is 16.1. The molecule has 7 heteroatoms. The number of phenols is 1. The molecule has 0 spiro atoms. The fraction of sp³-hybridized carbons (Fsp3) is 0.200. The van der Waals surface area contributed by atoms with Crippen molar-refractivity contribution >= 4 is 28.0 Å². The number of phenolic OH excluding ortho intramolecular Hbond substituents is 1. The van der Waals surface area contributed by atoms with E-state index in [-0.39, 0.29) is 12.4 Å². The number of methoxy groups -OCH3 is 1. The SMILES string of the molecule is COc1cc(/C=C/C(=O)OCc2cc(C)on2)cc(Br)c1O. The van der Waals surface area contributed by atoms with Gasteiger partial charge in [-0.3, -0.25) is 0 Å². The van der Waals surface area contributed by atoms with E-state index in [1.54, 1.807) is 31.2 Å². The lowest BCUT2D eigenvalue weighted by molar-refractivity contribution is -0.139. The molecule has 0 aliphatic heterocycles. The summed E-state index contributed by atoms with van der Waals surface area (Å²) < 4.78 is 15.4. The Morgan fingerprint density at radius 3 is 2.86 bits per heavy atom. The molecule has 0 saturated heterocycles. The Bertz CT molecular complexity index is 708.